The topological polar surface area (TPSA) is 70.1 Å². The van der Waals surface area contributed by atoms with Crippen molar-refractivity contribution in [1.29, 1.82) is 0 Å². The van der Waals surface area contributed by atoms with E-state index in [0.717, 1.165) is 5.82 Å². The minimum atomic E-state index is -0.592. The van der Waals surface area contributed by atoms with E-state index in [9.17, 15) is 4.79 Å². The van der Waals surface area contributed by atoms with Crippen LogP contribution in [-0.4, -0.2) is 27.2 Å². The molecule has 0 saturated heterocycles. The highest BCUT2D eigenvalue weighted by molar-refractivity contribution is 5.75. The van der Waals surface area contributed by atoms with Crippen molar-refractivity contribution in [2.45, 2.75) is 45.3 Å². The largest absolute Gasteiger partial charge is 0.459 e. The summed E-state index contributed by atoms with van der Waals surface area (Å²) in [6.07, 6.45) is 4.81. The van der Waals surface area contributed by atoms with Crippen molar-refractivity contribution in [3.05, 3.63) is 18.2 Å². The lowest BCUT2D eigenvalue weighted by atomic mass is 10.1. The predicted octanol–water partition coefficient (Wildman–Crippen LogP) is 1.02. The SMILES string of the molecule is Cn1ccnc1CCC(N)C(=O)OC(C)(C)C. The Hall–Kier alpha value is -1.36. The second-order valence-electron chi connectivity index (χ2n) is 5.13. The smallest absolute Gasteiger partial charge is 0.323 e. The number of hydrogen-bond donors (Lipinski definition) is 1. The average molecular weight is 239 g/mol. The van der Waals surface area contributed by atoms with Gasteiger partial charge in [0.1, 0.15) is 17.5 Å². The van der Waals surface area contributed by atoms with Gasteiger partial charge in [-0.25, -0.2) is 4.98 Å². The van der Waals surface area contributed by atoms with E-state index in [1.807, 2.05) is 38.6 Å². The molecule has 17 heavy (non-hydrogen) atoms. The molecule has 1 heterocycles. The van der Waals surface area contributed by atoms with Gasteiger partial charge in [-0.3, -0.25) is 4.79 Å². The van der Waals surface area contributed by atoms with E-state index in [-0.39, 0.29) is 5.97 Å². The van der Waals surface area contributed by atoms with Crippen LogP contribution >= 0.6 is 0 Å². The molecule has 0 aliphatic rings. The number of nitrogens with zero attached hydrogens (tertiary/aromatic N) is 2. The van der Waals surface area contributed by atoms with Gasteiger partial charge in [-0.05, 0) is 27.2 Å². The van der Waals surface area contributed by atoms with Crippen LogP contribution in [0, 0.1) is 0 Å². The molecule has 0 saturated carbocycles. The van der Waals surface area contributed by atoms with Gasteiger partial charge in [-0.1, -0.05) is 0 Å². The summed E-state index contributed by atoms with van der Waals surface area (Å²) in [7, 11) is 1.92. The first-order valence-electron chi connectivity index (χ1n) is 5.74. The molecule has 0 spiro atoms. The van der Waals surface area contributed by atoms with Gasteiger partial charge in [-0.2, -0.15) is 0 Å². The Morgan fingerprint density at radius 2 is 2.24 bits per heavy atom. The van der Waals surface area contributed by atoms with Crippen LogP contribution in [0.5, 0.6) is 0 Å². The van der Waals surface area contributed by atoms with Gasteiger partial charge in [0.25, 0.3) is 0 Å². The number of hydrogen-bond acceptors (Lipinski definition) is 4. The summed E-state index contributed by atoms with van der Waals surface area (Å²) in [6.45, 7) is 5.49. The number of aryl methyl sites for hydroxylation is 2. The zero-order valence-corrected chi connectivity index (χ0v) is 10.9. The molecule has 5 heteroatoms. The number of aromatic nitrogens is 2. The summed E-state index contributed by atoms with van der Waals surface area (Å²) in [5.41, 5.74) is 5.29. The summed E-state index contributed by atoms with van der Waals surface area (Å²) >= 11 is 0. The monoisotopic (exact) mass is 239 g/mol. The van der Waals surface area contributed by atoms with Gasteiger partial charge in [0.2, 0.25) is 0 Å². The molecule has 0 bridgehead atoms. The van der Waals surface area contributed by atoms with Crippen LogP contribution in [0.25, 0.3) is 0 Å². The number of carbonyl (C=O) groups excluding carboxylic acids is 1. The highest BCUT2D eigenvalue weighted by Gasteiger charge is 2.22. The van der Waals surface area contributed by atoms with Crippen molar-refractivity contribution in [2.24, 2.45) is 12.8 Å². The molecule has 0 aliphatic heterocycles. The van der Waals surface area contributed by atoms with Gasteiger partial charge in [-0.15, -0.1) is 0 Å². The van der Waals surface area contributed by atoms with Crippen molar-refractivity contribution in [2.75, 3.05) is 0 Å². The van der Waals surface area contributed by atoms with E-state index in [4.69, 9.17) is 10.5 Å². The lowest BCUT2D eigenvalue weighted by Gasteiger charge is -2.22. The fourth-order valence-electron chi connectivity index (χ4n) is 1.42. The maximum absolute atomic E-state index is 11.6. The molecule has 1 unspecified atom stereocenters. The van der Waals surface area contributed by atoms with Crippen molar-refractivity contribution < 1.29 is 9.53 Å². The summed E-state index contributed by atoms with van der Waals surface area (Å²) in [4.78, 5) is 15.8. The first-order valence-corrected chi connectivity index (χ1v) is 5.74. The Balaban J connectivity index is 2.42. The fourth-order valence-corrected chi connectivity index (χ4v) is 1.42. The highest BCUT2D eigenvalue weighted by Crippen LogP contribution is 2.10. The third-order valence-corrected chi connectivity index (χ3v) is 2.31. The van der Waals surface area contributed by atoms with E-state index in [1.54, 1.807) is 6.20 Å². The summed E-state index contributed by atoms with van der Waals surface area (Å²) < 4.78 is 7.13. The molecule has 1 aromatic rings. The van der Waals surface area contributed by atoms with Crippen LogP contribution in [0.1, 0.15) is 33.0 Å². The Bertz CT molecular complexity index is 379. The highest BCUT2D eigenvalue weighted by atomic mass is 16.6. The molecule has 0 amide bonds. The van der Waals surface area contributed by atoms with Crippen molar-refractivity contribution >= 4 is 5.97 Å². The summed E-state index contributed by atoms with van der Waals surface area (Å²) in [5.74, 6) is 0.565. The minimum absolute atomic E-state index is 0.355. The molecule has 1 aromatic heterocycles. The Labute approximate surface area is 102 Å². The van der Waals surface area contributed by atoms with E-state index >= 15 is 0 Å². The van der Waals surface area contributed by atoms with Gasteiger partial charge in [0, 0.05) is 25.9 Å². The second kappa shape index (κ2) is 5.31. The van der Waals surface area contributed by atoms with Crippen LogP contribution in [-0.2, 0) is 23.0 Å². The Kier molecular flexibility index (Phi) is 4.28. The van der Waals surface area contributed by atoms with Crippen molar-refractivity contribution in [3.63, 3.8) is 0 Å². The molecule has 5 nitrogen and oxygen atoms in total. The van der Waals surface area contributed by atoms with Gasteiger partial charge in [0.15, 0.2) is 0 Å². The third-order valence-electron chi connectivity index (χ3n) is 2.31. The number of carbonyl (C=O) groups is 1. The Morgan fingerprint density at radius 1 is 1.59 bits per heavy atom. The second-order valence-corrected chi connectivity index (χ2v) is 5.13. The quantitative estimate of drug-likeness (QED) is 0.796. The average Bonchev–Trinajstić information content (AvgIpc) is 2.57. The maximum Gasteiger partial charge on any atom is 0.323 e. The molecular formula is C12H21N3O2. The molecule has 0 aliphatic carbocycles. The van der Waals surface area contributed by atoms with Crippen molar-refractivity contribution in [1.82, 2.24) is 9.55 Å². The first kappa shape index (κ1) is 13.7. The number of nitrogens with two attached hydrogens (primary N) is 1. The molecule has 1 rings (SSSR count). The zero-order valence-electron chi connectivity index (χ0n) is 10.9. The van der Waals surface area contributed by atoms with E-state index < -0.39 is 11.6 Å². The van der Waals surface area contributed by atoms with Crippen LogP contribution in [0.4, 0.5) is 0 Å². The summed E-state index contributed by atoms with van der Waals surface area (Å²) in [5, 5.41) is 0. The predicted molar refractivity (Wildman–Crippen MR) is 65.3 cm³/mol. The van der Waals surface area contributed by atoms with E-state index in [0.29, 0.717) is 12.8 Å². The van der Waals surface area contributed by atoms with Crippen LogP contribution in [0.15, 0.2) is 12.4 Å². The number of ether oxygens (including phenoxy) is 1. The molecule has 0 radical (unpaired) electrons. The van der Waals surface area contributed by atoms with E-state index in [1.165, 1.54) is 0 Å². The van der Waals surface area contributed by atoms with Gasteiger partial charge < -0.3 is 15.0 Å². The zero-order chi connectivity index (χ0) is 13.1. The molecular weight excluding hydrogens is 218 g/mol. The number of esters is 1. The molecule has 0 fully saturated rings. The third kappa shape index (κ3) is 4.56. The van der Waals surface area contributed by atoms with Crippen LogP contribution in [0.3, 0.4) is 0 Å². The lowest BCUT2D eigenvalue weighted by molar-refractivity contribution is -0.156. The number of imidazole rings is 1. The molecule has 2 N–H and O–H groups in total. The summed E-state index contributed by atoms with van der Waals surface area (Å²) in [6, 6.07) is -0.592. The molecule has 0 aromatic carbocycles. The fraction of sp³-hybridized carbons (Fsp3) is 0.667. The maximum atomic E-state index is 11.6. The standard InChI is InChI=1S/C12H21N3O2/c1-12(2,3)17-11(16)9(13)5-6-10-14-7-8-15(10)4/h7-9H,5-6,13H2,1-4H3. The number of rotatable bonds is 4. The first-order chi connectivity index (χ1) is 7.79. The normalized spacial score (nSPS) is 13.5. The van der Waals surface area contributed by atoms with Crippen molar-refractivity contribution in [3.8, 4) is 0 Å². The Morgan fingerprint density at radius 3 is 2.71 bits per heavy atom. The van der Waals surface area contributed by atoms with Crippen LogP contribution < -0.4 is 5.73 Å². The van der Waals surface area contributed by atoms with Crippen LogP contribution in [0.2, 0.25) is 0 Å². The van der Waals surface area contributed by atoms with Gasteiger partial charge in [0.05, 0.1) is 0 Å². The lowest BCUT2D eigenvalue weighted by Crippen LogP contribution is -2.37. The molecule has 96 valence electrons. The van der Waals surface area contributed by atoms with Gasteiger partial charge >= 0.3 is 5.97 Å². The molecule has 1 atom stereocenters. The minimum Gasteiger partial charge on any atom is -0.459 e. The van der Waals surface area contributed by atoms with E-state index in [2.05, 4.69) is 4.98 Å².